The minimum absolute atomic E-state index is 0.0936. The summed E-state index contributed by atoms with van der Waals surface area (Å²) < 4.78 is 16.1. The van der Waals surface area contributed by atoms with Crippen LogP contribution >= 0.6 is 0 Å². The molecule has 1 atom stereocenters. The van der Waals surface area contributed by atoms with Gasteiger partial charge in [-0.15, -0.1) is 0 Å². The van der Waals surface area contributed by atoms with Crippen molar-refractivity contribution in [2.75, 3.05) is 6.54 Å². The van der Waals surface area contributed by atoms with Gasteiger partial charge in [0.15, 0.2) is 11.4 Å². The lowest BCUT2D eigenvalue weighted by Gasteiger charge is -2.31. The average molecular weight is 382 g/mol. The van der Waals surface area contributed by atoms with Gasteiger partial charge in [0.05, 0.1) is 23.8 Å². The number of amides is 1. The molecule has 2 aliphatic rings. The third kappa shape index (κ3) is 2.30. The van der Waals surface area contributed by atoms with E-state index in [2.05, 4.69) is 5.10 Å². The van der Waals surface area contributed by atoms with E-state index in [9.17, 15) is 19.1 Å². The number of benzene rings is 1. The van der Waals surface area contributed by atoms with Gasteiger partial charge in [0, 0.05) is 13.1 Å². The summed E-state index contributed by atoms with van der Waals surface area (Å²) in [6.07, 6.45) is 1.86. The molecule has 2 aromatic heterocycles. The molecule has 3 aromatic rings. The molecule has 4 heterocycles. The fourth-order valence-electron chi connectivity index (χ4n) is 4.50. The summed E-state index contributed by atoms with van der Waals surface area (Å²) in [6.45, 7) is 3.15. The first-order valence-corrected chi connectivity index (χ1v) is 9.34. The first-order valence-electron chi connectivity index (χ1n) is 9.34. The Kier molecular flexibility index (Phi) is 3.59. The highest BCUT2D eigenvalue weighted by molar-refractivity contribution is 6.05. The van der Waals surface area contributed by atoms with Crippen molar-refractivity contribution >= 4 is 16.8 Å². The molecule has 0 saturated carbocycles. The number of carbonyl (C=O) groups is 1. The third-order valence-electron chi connectivity index (χ3n) is 5.78. The van der Waals surface area contributed by atoms with Crippen LogP contribution in [0.2, 0.25) is 0 Å². The molecule has 7 nitrogen and oxygen atoms in total. The van der Waals surface area contributed by atoms with Gasteiger partial charge in [-0.25, -0.2) is 9.07 Å². The number of rotatable bonds is 2. The van der Waals surface area contributed by atoms with Gasteiger partial charge >= 0.3 is 0 Å². The van der Waals surface area contributed by atoms with Crippen LogP contribution in [0.1, 0.15) is 34.6 Å². The van der Waals surface area contributed by atoms with Crippen molar-refractivity contribution in [2.45, 2.75) is 38.9 Å². The van der Waals surface area contributed by atoms with Crippen LogP contribution in [0.4, 0.5) is 4.39 Å². The summed E-state index contributed by atoms with van der Waals surface area (Å²) >= 11 is 0. The zero-order valence-electron chi connectivity index (χ0n) is 15.4. The van der Waals surface area contributed by atoms with Crippen LogP contribution in [0.3, 0.4) is 0 Å². The van der Waals surface area contributed by atoms with Crippen LogP contribution in [-0.4, -0.2) is 42.8 Å². The van der Waals surface area contributed by atoms with Gasteiger partial charge in [0.25, 0.3) is 11.5 Å². The molecule has 0 radical (unpaired) electrons. The molecule has 1 saturated heterocycles. The molecule has 2 aliphatic heterocycles. The lowest BCUT2D eigenvalue weighted by atomic mass is 10.1. The molecule has 0 unspecified atom stereocenters. The Balaban J connectivity index is 1.69. The van der Waals surface area contributed by atoms with E-state index in [1.54, 1.807) is 28.5 Å². The summed E-state index contributed by atoms with van der Waals surface area (Å²) in [5.41, 5.74) is 1.52. The first-order chi connectivity index (χ1) is 13.5. The monoisotopic (exact) mass is 382 g/mol. The molecular formula is C20H19FN4O3. The van der Waals surface area contributed by atoms with Gasteiger partial charge < -0.3 is 14.6 Å². The maximum Gasteiger partial charge on any atom is 0.280 e. The van der Waals surface area contributed by atoms with E-state index in [1.165, 1.54) is 16.8 Å². The number of aromatic hydroxyl groups is 1. The molecule has 1 N–H and O–H groups in total. The molecule has 1 aromatic carbocycles. The van der Waals surface area contributed by atoms with Gasteiger partial charge in [-0.2, -0.15) is 5.10 Å². The summed E-state index contributed by atoms with van der Waals surface area (Å²) in [5.74, 6) is -0.854. The van der Waals surface area contributed by atoms with Crippen molar-refractivity contribution in [1.29, 1.82) is 0 Å². The van der Waals surface area contributed by atoms with Crippen molar-refractivity contribution in [1.82, 2.24) is 19.2 Å². The Labute approximate surface area is 159 Å². The fraction of sp³-hybridized carbons (Fsp3) is 0.350. The predicted octanol–water partition coefficient (Wildman–Crippen LogP) is 2.02. The van der Waals surface area contributed by atoms with Crippen molar-refractivity contribution in [3.8, 4) is 5.75 Å². The zero-order chi connectivity index (χ0) is 19.6. The largest absolute Gasteiger partial charge is 0.505 e. The number of fused-ring (bicyclic) bond motifs is 4. The minimum atomic E-state index is -0.461. The quantitative estimate of drug-likeness (QED) is 0.735. The smallest absolute Gasteiger partial charge is 0.280 e. The SMILES string of the molecule is Cc1nn(Cc2ccc(F)cc2)c(=O)c2c(O)c3n(c12)C[C@H]1CCCN1C3=O. The molecule has 144 valence electrons. The van der Waals surface area contributed by atoms with E-state index >= 15 is 0 Å². The normalized spacial score (nSPS) is 18.6. The molecule has 0 spiro atoms. The Bertz CT molecular complexity index is 1180. The highest BCUT2D eigenvalue weighted by Crippen LogP contribution is 2.37. The van der Waals surface area contributed by atoms with Gasteiger partial charge in [0.1, 0.15) is 11.2 Å². The minimum Gasteiger partial charge on any atom is -0.505 e. The third-order valence-corrected chi connectivity index (χ3v) is 5.78. The Morgan fingerprint density at radius 2 is 2.00 bits per heavy atom. The lowest BCUT2D eigenvalue weighted by Crippen LogP contribution is -2.43. The van der Waals surface area contributed by atoms with Crippen molar-refractivity contribution in [3.05, 3.63) is 57.4 Å². The van der Waals surface area contributed by atoms with E-state index in [1.807, 2.05) is 0 Å². The maximum atomic E-state index is 13.1. The van der Waals surface area contributed by atoms with Crippen LogP contribution in [0.15, 0.2) is 29.1 Å². The zero-order valence-corrected chi connectivity index (χ0v) is 15.4. The van der Waals surface area contributed by atoms with Crippen LogP contribution in [0.25, 0.3) is 10.9 Å². The molecule has 5 rings (SSSR count). The number of aromatic nitrogens is 3. The number of carbonyl (C=O) groups excluding carboxylic acids is 1. The Morgan fingerprint density at radius 3 is 2.75 bits per heavy atom. The molecular weight excluding hydrogens is 363 g/mol. The Morgan fingerprint density at radius 1 is 1.25 bits per heavy atom. The van der Waals surface area contributed by atoms with Gasteiger partial charge in [-0.3, -0.25) is 9.59 Å². The molecule has 1 fully saturated rings. The summed E-state index contributed by atoms with van der Waals surface area (Å²) in [4.78, 5) is 27.8. The lowest BCUT2D eigenvalue weighted by molar-refractivity contribution is 0.0667. The standard InChI is InChI=1S/C20H19FN4O3/c1-11-16-15(19(27)25(22-11)9-12-4-6-13(21)7-5-12)18(26)17-20(28)23-8-2-3-14(23)10-24(16)17/h4-7,14,26H,2-3,8-10H2,1H3/t14-/m1/s1. The molecule has 28 heavy (non-hydrogen) atoms. The van der Waals surface area contributed by atoms with Crippen LogP contribution in [0.5, 0.6) is 5.75 Å². The molecule has 0 aliphatic carbocycles. The maximum absolute atomic E-state index is 13.1. The first kappa shape index (κ1) is 17.0. The van der Waals surface area contributed by atoms with Gasteiger partial charge in [0.2, 0.25) is 0 Å². The van der Waals surface area contributed by atoms with E-state index < -0.39 is 5.56 Å². The fourth-order valence-corrected chi connectivity index (χ4v) is 4.50. The topological polar surface area (TPSA) is 80.4 Å². The summed E-state index contributed by atoms with van der Waals surface area (Å²) in [7, 11) is 0. The van der Waals surface area contributed by atoms with Gasteiger partial charge in [-0.05, 0) is 37.5 Å². The van der Waals surface area contributed by atoms with Crippen molar-refractivity contribution in [3.63, 3.8) is 0 Å². The van der Waals surface area contributed by atoms with Crippen molar-refractivity contribution < 1.29 is 14.3 Å². The van der Waals surface area contributed by atoms with E-state index in [0.717, 1.165) is 18.4 Å². The number of aryl methyl sites for hydroxylation is 1. The average Bonchev–Trinajstić information content (AvgIpc) is 3.25. The highest BCUT2D eigenvalue weighted by Gasteiger charge is 2.40. The van der Waals surface area contributed by atoms with E-state index in [-0.39, 0.29) is 41.1 Å². The number of hydrogen-bond donors (Lipinski definition) is 1. The van der Waals surface area contributed by atoms with Crippen LogP contribution < -0.4 is 5.56 Å². The summed E-state index contributed by atoms with van der Waals surface area (Å²) in [6, 6.07) is 5.92. The number of nitrogens with zero attached hydrogens (tertiary/aromatic N) is 4. The Hall–Kier alpha value is -3.16. The predicted molar refractivity (Wildman–Crippen MR) is 100.0 cm³/mol. The van der Waals surface area contributed by atoms with Crippen molar-refractivity contribution in [2.24, 2.45) is 0 Å². The number of halogens is 1. The molecule has 0 bridgehead atoms. The van der Waals surface area contributed by atoms with E-state index in [4.69, 9.17) is 0 Å². The van der Waals surface area contributed by atoms with Crippen LogP contribution in [-0.2, 0) is 13.1 Å². The highest BCUT2D eigenvalue weighted by atomic mass is 19.1. The molecule has 8 heteroatoms. The van der Waals surface area contributed by atoms with E-state index in [0.29, 0.717) is 24.3 Å². The second-order valence-corrected chi connectivity index (χ2v) is 7.50. The summed E-state index contributed by atoms with van der Waals surface area (Å²) in [5, 5.41) is 15.3. The second kappa shape index (κ2) is 5.92. The molecule has 1 amide bonds. The van der Waals surface area contributed by atoms with Gasteiger partial charge in [-0.1, -0.05) is 12.1 Å². The second-order valence-electron chi connectivity index (χ2n) is 7.50. The van der Waals surface area contributed by atoms with Crippen LogP contribution in [0, 0.1) is 12.7 Å². The number of hydrogen-bond acceptors (Lipinski definition) is 4.